The second kappa shape index (κ2) is 9.03. The molecule has 1 amide bonds. The molecule has 0 bridgehead atoms. The first-order valence-corrected chi connectivity index (χ1v) is 11.4. The average molecular weight is 438 g/mol. The maximum absolute atomic E-state index is 13.4. The number of fused-ring (bicyclic) bond motifs is 1. The van der Waals surface area contributed by atoms with Crippen LogP contribution in [0.5, 0.6) is 0 Å². The Bertz CT molecular complexity index is 1160. The molecule has 0 radical (unpaired) electrons. The first kappa shape index (κ1) is 21.3. The van der Waals surface area contributed by atoms with Crippen LogP contribution in [0.1, 0.15) is 41.5 Å². The summed E-state index contributed by atoms with van der Waals surface area (Å²) in [6.45, 7) is 8.54. The van der Waals surface area contributed by atoms with Crippen LogP contribution in [0, 0.1) is 6.92 Å². The summed E-state index contributed by atoms with van der Waals surface area (Å²) < 4.78 is 7.23. The van der Waals surface area contributed by atoms with E-state index in [0.717, 1.165) is 24.2 Å². The monoisotopic (exact) mass is 437 g/mol. The van der Waals surface area contributed by atoms with Crippen LogP contribution >= 0.6 is 11.3 Å². The number of likely N-dealkylation sites (N-methyl/N-ethyl adjacent to an activating group) is 1. The number of furan rings is 1. The van der Waals surface area contributed by atoms with Gasteiger partial charge >= 0.3 is 0 Å². The van der Waals surface area contributed by atoms with Crippen LogP contribution in [0.15, 0.2) is 45.7 Å². The van der Waals surface area contributed by atoms with Crippen LogP contribution in [0.3, 0.4) is 0 Å². The Kier molecular flexibility index (Phi) is 6.20. The van der Waals surface area contributed by atoms with Crippen molar-refractivity contribution in [3.05, 3.63) is 58.1 Å². The molecule has 7 nitrogen and oxygen atoms in total. The Balaban J connectivity index is 1.68. The van der Waals surface area contributed by atoms with Gasteiger partial charge in [-0.3, -0.25) is 14.4 Å². The molecule has 0 aliphatic carbocycles. The molecule has 4 aromatic heterocycles. The van der Waals surface area contributed by atoms with Crippen molar-refractivity contribution in [1.29, 1.82) is 0 Å². The van der Waals surface area contributed by atoms with E-state index in [-0.39, 0.29) is 11.9 Å². The molecule has 4 rings (SSSR count). The summed E-state index contributed by atoms with van der Waals surface area (Å²) in [4.78, 5) is 20.4. The molecule has 4 heterocycles. The molecular weight excluding hydrogens is 410 g/mol. The largest absolute Gasteiger partial charge is 0.463 e. The van der Waals surface area contributed by atoms with Gasteiger partial charge in [-0.15, -0.1) is 0 Å². The molecule has 1 N–H and O–H groups in total. The first-order chi connectivity index (χ1) is 15.0. The highest BCUT2D eigenvalue weighted by Gasteiger charge is 2.23. The molecule has 0 aliphatic rings. The number of thiophene rings is 1. The standard InChI is InChI=1S/C23H27N5O2S/c1-5-28(6-2)19(16-9-11-31-14-16)13-24-23(29)17-12-18(20-8-7-10-30-20)25-22-21(17)15(3)26-27(22)4/h7-12,14,19H,5-6,13H2,1-4H3,(H,24,29). The second-order valence-corrected chi connectivity index (χ2v) is 8.22. The van der Waals surface area contributed by atoms with E-state index in [2.05, 4.69) is 46.0 Å². The Morgan fingerprint density at radius 2 is 2.13 bits per heavy atom. The van der Waals surface area contributed by atoms with Crippen molar-refractivity contribution in [2.75, 3.05) is 19.6 Å². The number of pyridine rings is 1. The summed E-state index contributed by atoms with van der Waals surface area (Å²) in [6.07, 6.45) is 1.60. The molecule has 0 aromatic carbocycles. The van der Waals surface area contributed by atoms with Gasteiger partial charge in [-0.25, -0.2) is 4.98 Å². The lowest BCUT2D eigenvalue weighted by Crippen LogP contribution is -2.38. The van der Waals surface area contributed by atoms with Gasteiger partial charge in [0.15, 0.2) is 11.4 Å². The van der Waals surface area contributed by atoms with Crippen molar-refractivity contribution in [1.82, 2.24) is 25.0 Å². The number of nitrogens with one attached hydrogen (secondary N) is 1. The van der Waals surface area contributed by atoms with E-state index in [1.807, 2.05) is 26.1 Å². The third kappa shape index (κ3) is 4.13. The van der Waals surface area contributed by atoms with Crippen molar-refractivity contribution < 1.29 is 9.21 Å². The highest BCUT2D eigenvalue weighted by atomic mass is 32.1. The Hall–Kier alpha value is -2.97. The van der Waals surface area contributed by atoms with Gasteiger partial charge in [0.2, 0.25) is 0 Å². The highest BCUT2D eigenvalue weighted by Crippen LogP contribution is 2.28. The number of hydrogen-bond acceptors (Lipinski definition) is 6. The van der Waals surface area contributed by atoms with Crippen molar-refractivity contribution in [2.24, 2.45) is 7.05 Å². The van der Waals surface area contributed by atoms with Crippen LogP contribution in [0.4, 0.5) is 0 Å². The SMILES string of the molecule is CCN(CC)C(CNC(=O)c1cc(-c2ccco2)nc2c1c(C)nn2C)c1ccsc1. The highest BCUT2D eigenvalue weighted by molar-refractivity contribution is 7.08. The quantitative estimate of drug-likeness (QED) is 0.442. The Morgan fingerprint density at radius 3 is 2.77 bits per heavy atom. The second-order valence-electron chi connectivity index (χ2n) is 7.44. The molecule has 0 spiro atoms. The van der Waals surface area contributed by atoms with Gasteiger partial charge in [-0.05, 0) is 60.6 Å². The molecule has 4 aromatic rings. The zero-order chi connectivity index (χ0) is 22.0. The fourth-order valence-corrected chi connectivity index (χ4v) is 4.75. The zero-order valence-corrected chi connectivity index (χ0v) is 19.1. The van der Waals surface area contributed by atoms with Crippen LogP contribution < -0.4 is 5.32 Å². The van der Waals surface area contributed by atoms with E-state index in [9.17, 15) is 4.79 Å². The number of rotatable bonds is 8. The predicted molar refractivity (Wildman–Crippen MR) is 123 cm³/mol. The molecule has 0 aliphatic heterocycles. The number of aryl methyl sites for hydroxylation is 2. The van der Waals surface area contributed by atoms with Gasteiger partial charge in [0.1, 0.15) is 5.69 Å². The maximum Gasteiger partial charge on any atom is 0.252 e. The normalized spacial score (nSPS) is 12.5. The van der Waals surface area contributed by atoms with Gasteiger partial charge in [-0.2, -0.15) is 16.4 Å². The molecule has 162 valence electrons. The van der Waals surface area contributed by atoms with E-state index in [4.69, 9.17) is 9.40 Å². The minimum atomic E-state index is -0.135. The lowest BCUT2D eigenvalue weighted by Gasteiger charge is -2.29. The third-order valence-electron chi connectivity index (χ3n) is 5.62. The molecule has 0 saturated carbocycles. The van der Waals surface area contributed by atoms with E-state index < -0.39 is 0 Å². The number of nitrogens with zero attached hydrogens (tertiary/aromatic N) is 4. The van der Waals surface area contributed by atoms with Crippen molar-refractivity contribution >= 4 is 28.3 Å². The summed E-state index contributed by atoms with van der Waals surface area (Å²) in [5.74, 6) is 0.484. The molecule has 1 atom stereocenters. The van der Waals surface area contributed by atoms with Gasteiger partial charge in [0, 0.05) is 13.6 Å². The van der Waals surface area contributed by atoms with Crippen molar-refractivity contribution in [2.45, 2.75) is 26.8 Å². The first-order valence-electron chi connectivity index (χ1n) is 10.5. The van der Waals surface area contributed by atoms with Gasteiger partial charge in [0.25, 0.3) is 5.91 Å². The minimum absolute atomic E-state index is 0.127. The summed E-state index contributed by atoms with van der Waals surface area (Å²) in [5.41, 5.74) is 3.84. The third-order valence-corrected chi connectivity index (χ3v) is 6.33. The maximum atomic E-state index is 13.4. The zero-order valence-electron chi connectivity index (χ0n) is 18.3. The van der Waals surface area contributed by atoms with Gasteiger partial charge in [0.05, 0.1) is 28.9 Å². The number of carbonyl (C=O) groups is 1. The van der Waals surface area contributed by atoms with Crippen molar-refractivity contribution in [3.8, 4) is 11.5 Å². The fraction of sp³-hybridized carbons (Fsp3) is 0.348. The Morgan fingerprint density at radius 1 is 1.32 bits per heavy atom. The molecular formula is C23H27N5O2S. The van der Waals surface area contributed by atoms with Gasteiger partial charge in [-0.1, -0.05) is 13.8 Å². The summed E-state index contributed by atoms with van der Waals surface area (Å²) in [6, 6.07) is 7.70. The van der Waals surface area contributed by atoms with E-state index >= 15 is 0 Å². The van der Waals surface area contributed by atoms with Crippen molar-refractivity contribution in [3.63, 3.8) is 0 Å². The van der Waals surface area contributed by atoms with Gasteiger partial charge < -0.3 is 9.73 Å². The lowest BCUT2D eigenvalue weighted by molar-refractivity contribution is 0.0936. The summed E-state index contributed by atoms with van der Waals surface area (Å²) >= 11 is 1.67. The van der Waals surface area contributed by atoms with E-state index in [1.54, 1.807) is 28.3 Å². The predicted octanol–water partition coefficient (Wildman–Crippen LogP) is 4.41. The van der Waals surface area contributed by atoms with E-state index in [1.165, 1.54) is 5.56 Å². The smallest absolute Gasteiger partial charge is 0.252 e. The minimum Gasteiger partial charge on any atom is -0.463 e. The van der Waals surface area contributed by atoms with Crippen LogP contribution in [0.25, 0.3) is 22.5 Å². The molecule has 8 heteroatoms. The number of amides is 1. The summed E-state index contributed by atoms with van der Waals surface area (Å²) in [5, 5.41) is 12.6. The molecule has 0 saturated heterocycles. The lowest BCUT2D eigenvalue weighted by atomic mass is 10.1. The summed E-state index contributed by atoms with van der Waals surface area (Å²) in [7, 11) is 1.84. The molecule has 1 unspecified atom stereocenters. The van der Waals surface area contributed by atoms with Crippen LogP contribution in [0.2, 0.25) is 0 Å². The van der Waals surface area contributed by atoms with Crippen LogP contribution in [-0.4, -0.2) is 45.2 Å². The number of hydrogen-bond donors (Lipinski definition) is 1. The molecule has 31 heavy (non-hydrogen) atoms. The average Bonchev–Trinajstić information content (AvgIpc) is 3.53. The molecule has 0 fully saturated rings. The Labute approximate surface area is 185 Å². The van der Waals surface area contributed by atoms with E-state index in [0.29, 0.717) is 29.2 Å². The number of aromatic nitrogens is 3. The van der Waals surface area contributed by atoms with Crippen LogP contribution in [-0.2, 0) is 7.05 Å². The number of carbonyl (C=O) groups excluding carboxylic acids is 1. The topological polar surface area (TPSA) is 76.2 Å². The fourth-order valence-electron chi connectivity index (χ4n) is 4.05.